The van der Waals surface area contributed by atoms with Gasteiger partial charge in [0.05, 0.1) is 19.6 Å². The number of thiophene rings is 1. The Morgan fingerprint density at radius 3 is 2.48 bits per heavy atom. The first-order chi connectivity index (χ1) is 10.1. The Kier molecular flexibility index (Phi) is 5.39. The maximum Gasteiger partial charge on any atom is 0.224 e. The molecule has 0 unspecified atom stereocenters. The Morgan fingerprint density at radius 2 is 1.95 bits per heavy atom. The number of carbonyl (C=O) groups is 1. The van der Waals surface area contributed by atoms with E-state index in [0.29, 0.717) is 12.3 Å². The second-order valence-electron chi connectivity index (χ2n) is 5.33. The van der Waals surface area contributed by atoms with Crippen molar-refractivity contribution in [3.05, 3.63) is 52.2 Å². The Balaban J connectivity index is 1.99. The summed E-state index contributed by atoms with van der Waals surface area (Å²) in [5.74, 6) is 1.22. The van der Waals surface area contributed by atoms with Crippen molar-refractivity contribution in [1.29, 1.82) is 0 Å². The number of ether oxygens (including phenoxy) is 1. The van der Waals surface area contributed by atoms with E-state index >= 15 is 0 Å². The van der Waals surface area contributed by atoms with Crippen LogP contribution in [0, 0.1) is 5.92 Å². The fraction of sp³-hybridized carbons (Fsp3) is 0.353. The van der Waals surface area contributed by atoms with Gasteiger partial charge < -0.3 is 10.1 Å². The van der Waals surface area contributed by atoms with Crippen LogP contribution in [-0.4, -0.2) is 13.0 Å². The third kappa shape index (κ3) is 4.33. The van der Waals surface area contributed by atoms with Gasteiger partial charge in [-0.1, -0.05) is 32.0 Å². The van der Waals surface area contributed by atoms with Gasteiger partial charge in [-0.3, -0.25) is 4.79 Å². The maximum atomic E-state index is 12.2. The van der Waals surface area contributed by atoms with Crippen molar-refractivity contribution < 1.29 is 9.53 Å². The highest BCUT2D eigenvalue weighted by Gasteiger charge is 2.19. The fourth-order valence-corrected chi connectivity index (χ4v) is 3.14. The molecule has 0 saturated heterocycles. The molecule has 1 aromatic heterocycles. The van der Waals surface area contributed by atoms with Gasteiger partial charge in [0.25, 0.3) is 0 Å². The molecule has 112 valence electrons. The molecule has 1 atom stereocenters. The summed E-state index contributed by atoms with van der Waals surface area (Å²) in [6.07, 6.45) is 0.387. The molecule has 0 saturated carbocycles. The van der Waals surface area contributed by atoms with E-state index < -0.39 is 0 Å². The molecular formula is C17H21NO2S. The number of nitrogens with one attached hydrogen (secondary N) is 1. The maximum absolute atomic E-state index is 12.2. The van der Waals surface area contributed by atoms with E-state index in [1.165, 1.54) is 4.88 Å². The molecule has 0 bridgehead atoms. The van der Waals surface area contributed by atoms with Crippen LogP contribution in [0.4, 0.5) is 0 Å². The Bertz CT molecular complexity index is 561. The molecule has 21 heavy (non-hydrogen) atoms. The van der Waals surface area contributed by atoms with Gasteiger partial charge in [0.2, 0.25) is 5.91 Å². The number of rotatable bonds is 6. The van der Waals surface area contributed by atoms with Gasteiger partial charge in [-0.2, -0.15) is 0 Å². The lowest BCUT2D eigenvalue weighted by Crippen LogP contribution is -2.32. The topological polar surface area (TPSA) is 38.3 Å². The molecule has 0 radical (unpaired) electrons. The summed E-state index contributed by atoms with van der Waals surface area (Å²) >= 11 is 1.68. The lowest BCUT2D eigenvalue weighted by Gasteiger charge is -2.21. The zero-order valence-electron chi connectivity index (χ0n) is 12.6. The first-order valence-electron chi connectivity index (χ1n) is 7.06. The van der Waals surface area contributed by atoms with Gasteiger partial charge in [0.15, 0.2) is 0 Å². The summed E-state index contributed by atoms with van der Waals surface area (Å²) in [5, 5.41) is 5.18. The van der Waals surface area contributed by atoms with Gasteiger partial charge in [-0.05, 0) is 35.1 Å². The molecule has 1 amide bonds. The Morgan fingerprint density at radius 1 is 1.24 bits per heavy atom. The molecule has 2 rings (SSSR count). The van der Waals surface area contributed by atoms with Gasteiger partial charge in [-0.25, -0.2) is 0 Å². The summed E-state index contributed by atoms with van der Waals surface area (Å²) in [4.78, 5) is 13.4. The predicted octanol–water partition coefficient (Wildman–Crippen LogP) is 3.81. The smallest absolute Gasteiger partial charge is 0.224 e. The summed E-state index contributed by atoms with van der Waals surface area (Å²) < 4.78 is 5.12. The van der Waals surface area contributed by atoms with Crippen LogP contribution in [0.15, 0.2) is 41.8 Å². The van der Waals surface area contributed by atoms with Crippen LogP contribution in [0.5, 0.6) is 5.75 Å². The number of benzene rings is 1. The summed E-state index contributed by atoms with van der Waals surface area (Å²) in [6, 6.07) is 11.8. The molecular weight excluding hydrogens is 282 g/mol. The summed E-state index contributed by atoms with van der Waals surface area (Å²) in [6.45, 7) is 4.25. The average Bonchev–Trinajstić information content (AvgIpc) is 2.99. The third-order valence-corrected chi connectivity index (χ3v) is 4.31. The third-order valence-electron chi connectivity index (χ3n) is 3.36. The quantitative estimate of drug-likeness (QED) is 0.881. The highest BCUT2D eigenvalue weighted by atomic mass is 32.1. The summed E-state index contributed by atoms with van der Waals surface area (Å²) in [7, 11) is 1.63. The Hall–Kier alpha value is -1.81. The lowest BCUT2D eigenvalue weighted by atomic mass is 10.0. The number of methoxy groups -OCH3 is 1. The van der Waals surface area contributed by atoms with Crippen LogP contribution in [0.2, 0.25) is 0 Å². The highest BCUT2D eigenvalue weighted by Crippen LogP contribution is 2.25. The van der Waals surface area contributed by atoms with E-state index in [1.54, 1.807) is 18.4 Å². The van der Waals surface area contributed by atoms with E-state index in [2.05, 4.69) is 25.2 Å². The minimum absolute atomic E-state index is 0.0484. The number of hydrogen-bond donors (Lipinski definition) is 1. The normalized spacial score (nSPS) is 12.2. The van der Waals surface area contributed by atoms with Crippen molar-refractivity contribution >= 4 is 17.2 Å². The lowest BCUT2D eigenvalue weighted by molar-refractivity contribution is -0.121. The zero-order valence-corrected chi connectivity index (χ0v) is 13.4. The number of amides is 1. The van der Waals surface area contributed by atoms with Crippen molar-refractivity contribution in [3.63, 3.8) is 0 Å². The van der Waals surface area contributed by atoms with Crippen molar-refractivity contribution in [1.82, 2.24) is 5.32 Å². The SMILES string of the molecule is COc1ccc(CC(=O)N[C@@H](c2cccs2)C(C)C)cc1. The van der Waals surface area contributed by atoms with E-state index in [9.17, 15) is 4.79 Å². The molecule has 0 fully saturated rings. The average molecular weight is 303 g/mol. The molecule has 0 aliphatic rings. The van der Waals surface area contributed by atoms with Gasteiger partial charge in [0.1, 0.15) is 5.75 Å². The molecule has 0 aliphatic heterocycles. The van der Waals surface area contributed by atoms with Crippen molar-refractivity contribution in [2.45, 2.75) is 26.3 Å². The monoisotopic (exact) mass is 303 g/mol. The second kappa shape index (κ2) is 7.27. The summed E-state index contributed by atoms with van der Waals surface area (Å²) in [5.41, 5.74) is 0.988. The minimum Gasteiger partial charge on any atom is -0.497 e. The molecule has 0 spiro atoms. The zero-order chi connectivity index (χ0) is 15.2. The van der Waals surface area contributed by atoms with Crippen molar-refractivity contribution in [3.8, 4) is 5.75 Å². The largest absolute Gasteiger partial charge is 0.497 e. The minimum atomic E-state index is 0.0484. The molecule has 0 aliphatic carbocycles. The number of carbonyl (C=O) groups excluding carboxylic acids is 1. The molecule has 3 nitrogen and oxygen atoms in total. The second-order valence-corrected chi connectivity index (χ2v) is 6.31. The van der Waals surface area contributed by atoms with E-state index in [1.807, 2.05) is 35.7 Å². The van der Waals surface area contributed by atoms with Crippen molar-refractivity contribution in [2.75, 3.05) is 7.11 Å². The molecule has 2 aromatic rings. The van der Waals surface area contributed by atoms with Gasteiger partial charge in [-0.15, -0.1) is 11.3 Å². The Labute approximate surface area is 130 Å². The highest BCUT2D eigenvalue weighted by molar-refractivity contribution is 7.10. The number of hydrogen-bond acceptors (Lipinski definition) is 3. The van der Waals surface area contributed by atoms with Crippen molar-refractivity contribution in [2.24, 2.45) is 5.92 Å². The first kappa shape index (κ1) is 15.6. The van der Waals surface area contributed by atoms with Crippen LogP contribution in [-0.2, 0) is 11.2 Å². The predicted molar refractivity (Wildman–Crippen MR) is 86.7 cm³/mol. The molecule has 4 heteroatoms. The molecule has 1 aromatic carbocycles. The standard InChI is InChI=1S/C17H21NO2S/c1-12(2)17(15-5-4-10-21-15)18-16(19)11-13-6-8-14(20-3)9-7-13/h4-10,12,17H,11H2,1-3H3,(H,18,19)/t17-/m1/s1. The molecule has 1 N–H and O–H groups in total. The molecule has 1 heterocycles. The van der Waals surface area contributed by atoms with Crippen LogP contribution >= 0.6 is 11.3 Å². The van der Waals surface area contributed by atoms with Crippen LogP contribution in [0.25, 0.3) is 0 Å². The van der Waals surface area contributed by atoms with Crippen LogP contribution in [0.3, 0.4) is 0 Å². The van der Waals surface area contributed by atoms with Gasteiger partial charge >= 0.3 is 0 Å². The van der Waals surface area contributed by atoms with E-state index in [0.717, 1.165) is 11.3 Å². The van der Waals surface area contributed by atoms with Gasteiger partial charge in [0, 0.05) is 4.88 Å². The van der Waals surface area contributed by atoms with E-state index in [4.69, 9.17) is 4.74 Å². The fourth-order valence-electron chi connectivity index (χ4n) is 2.19. The van der Waals surface area contributed by atoms with Crippen LogP contribution < -0.4 is 10.1 Å². The first-order valence-corrected chi connectivity index (χ1v) is 7.94. The van der Waals surface area contributed by atoms with Crippen LogP contribution in [0.1, 0.15) is 30.3 Å². The van der Waals surface area contributed by atoms with E-state index in [-0.39, 0.29) is 11.9 Å².